The van der Waals surface area contributed by atoms with Gasteiger partial charge in [-0.15, -0.1) is 11.6 Å². The van der Waals surface area contributed by atoms with Gasteiger partial charge >= 0.3 is 5.69 Å². The molecule has 0 saturated heterocycles. The molecule has 0 heterocycles. The Labute approximate surface area is 123 Å². The van der Waals surface area contributed by atoms with E-state index in [2.05, 4.69) is 0 Å². The van der Waals surface area contributed by atoms with Gasteiger partial charge in [-0.1, -0.05) is 29.8 Å². The molecule has 0 aliphatic heterocycles. The van der Waals surface area contributed by atoms with Crippen molar-refractivity contribution in [3.8, 4) is 11.5 Å². The van der Waals surface area contributed by atoms with Crippen LogP contribution in [0.3, 0.4) is 0 Å². The number of para-hydroxylation sites is 2. The van der Waals surface area contributed by atoms with Crippen LogP contribution in [0.1, 0.15) is 5.56 Å². The normalized spacial score (nSPS) is 10.3. The zero-order valence-corrected chi connectivity index (χ0v) is 11.5. The standard InChI is InChI=1S/C13H8Cl2FNO3/c14-7-8-3-1-4-9(15)12(8)20-13-10(16)5-2-6-11(13)17(18)19/h1-6H,7H2. The summed E-state index contributed by atoms with van der Waals surface area (Å²) in [4.78, 5) is 10.2. The Bertz CT molecular complexity index is 664. The summed E-state index contributed by atoms with van der Waals surface area (Å²) in [6.07, 6.45) is 0. The van der Waals surface area contributed by atoms with Gasteiger partial charge in [0.25, 0.3) is 0 Å². The third-order valence-electron chi connectivity index (χ3n) is 2.54. The van der Waals surface area contributed by atoms with Gasteiger partial charge in [-0.05, 0) is 12.1 Å². The van der Waals surface area contributed by atoms with Gasteiger partial charge in [0.05, 0.1) is 15.8 Å². The fourth-order valence-corrected chi connectivity index (χ4v) is 2.06. The van der Waals surface area contributed by atoms with E-state index in [1.54, 1.807) is 12.1 Å². The van der Waals surface area contributed by atoms with Gasteiger partial charge in [0.1, 0.15) is 0 Å². The minimum Gasteiger partial charge on any atom is -0.445 e. The highest BCUT2D eigenvalue weighted by molar-refractivity contribution is 6.32. The molecule has 0 aliphatic rings. The van der Waals surface area contributed by atoms with Crippen LogP contribution in [0.2, 0.25) is 5.02 Å². The molecule has 0 N–H and O–H groups in total. The van der Waals surface area contributed by atoms with Gasteiger partial charge in [-0.2, -0.15) is 0 Å². The first-order valence-corrected chi connectivity index (χ1v) is 6.40. The zero-order valence-electron chi connectivity index (χ0n) is 9.98. The average molecular weight is 316 g/mol. The van der Waals surface area contributed by atoms with Crippen LogP contribution in [0, 0.1) is 15.9 Å². The van der Waals surface area contributed by atoms with Crippen LogP contribution < -0.4 is 4.74 Å². The second-order valence-corrected chi connectivity index (χ2v) is 4.48. The van der Waals surface area contributed by atoms with Gasteiger partial charge in [-0.3, -0.25) is 10.1 Å². The number of nitrogens with zero attached hydrogens (tertiary/aromatic N) is 1. The van der Waals surface area contributed by atoms with Gasteiger partial charge in [0, 0.05) is 11.6 Å². The third-order valence-corrected chi connectivity index (χ3v) is 3.13. The molecule has 0 unspecified atom stereocenters. The van der Waals surface area contributed by atoms with Gasteiger partial charge in [0.2, 0.25) is 5.75 Å². The number of nitro groups is 1. The largest absolute Gasteiger partial charge is 0.445 e. The SMILES string of the molecule is O=[N+]([O-])c1cccc(F)c1Oc1c(Cl)cccc1CCl. The maximum Gasteiger partial charge on any atom is 0.314 e. The van der Waals surface area contributed by atoms with E-state index < -0.39 is 22.2 Å². The maximum absolute atomic E-state index is 13.8. The molecule has 2 rings (SSSR count). The van der Waals surface area contributed by atoms with E-state index in [4.69, 9.17) is 27.9 Å². The van der Waals surface area contributed by atoms with E-state index in [-0.39, 0.29) is 16.7 Å². The first kappa shape index (κ1) is 14.6. The number of hydrogen-bond acceptors (Lipinski definition) is 3. The molecule has 0 spiro atoms. The molecule has 0 atom stereocenters. The Morgan fingerprint density at radius 1 is 1.20 bits per heavy atom. The van der Waals surface area contributed by atoms with Crippen LogP contribution >= 0.6 is 23.2 Å². The topological polar surface area (TPSA) is 52.4 Å². The van der Waals surface area contributed by atoms with E-state index in [0.29, 0.717) is 5.56 Å². The summed E-state index contributed by atoms with van der Waals surface area (Å²) in [5.74, 6) is -1.15. The van der Waals surface area contributed by atoms with Crippen LogP contribution in [0.25, 0.3) is 0 Å². The van der Waals surface area contributed by atoms with Crippen LogP contribution in [-0.2, 0) is 5.88 Å². The number of nitro benzene ring substituents is 1. The van der Waals surface area contributed by atoms with Crippen molar-refractivity contribution >= 4 is 28.9 Å². The van der Waals surface area contributed by atoms with Crippen LogP contribution in [-0.4, -0.2) is 4.92 Å². The molecule has 0 fully saturated rings. The number of halogens is 3. The average Bonchev–Trinajstić information content (AvgIpc) is 2.42. The Balaban J connectivity index is 2.53. The second kappa shape index (κ2) is 6.07. The van der Waals surface area contributed by atoms with Crippen molar-refractivity contribution in [1.82, 2.24) is 0 Å². The molecule has 20 heavy (non-hydrogen) atoms. The van der Waals surface area contributed by atoms with Gasteiger partial charge in [-0.25, -0.2) is 4.39 Å². The molecule has 0 aliphatic carbocycles. The summed E-state index contributed by atoms with van der Waals surface area (Å²) in [6, 6.07) is 8.27. The smallest absolute Gasteiger partial charge is 0.314 e. The monoisotopic (exact) mass is 315 g/mol. The fraction of sp³-hybridized carbons (Fsp3) is 0.0769. The van der Waals surface area contributed by atoms with E-state index in [0.717, 1.165) is 12.1 Å². The van der Waals surface area contributed by atoms with Crippen LogP contribution in [0.4, 0.5) is 10.1 Å². The lowest BCUT2D eigenvalue weighted by molar-refractivity contribution is -0.385. The molecule has 2 aromatic rings. The Hall–Kier alpha value is -1.85. The van der Waals surface area contributed by atoms with Crippen molar-refractivity contribution in [2.75, 3.05) is 0 Å². The van der Waals surface area contributed by atoms with Crippen LogP contribution in [0.5, 0.6) is 11.5 Å². The Kier molecular flexibility index (Phi) is 4.42. The predicted molar refractivity (Wildman–Crippen MR) is 74.1 cm³/mol. The lowest BCUT2D eigenvalue weighted by Gasteiger charge is -2.11. The van der Waals surface area contributed by atoms with Crippen molar-refractivity contribution < 1.29 is 14.1 Å². The summed E-state index contributed by atoms with van der Waals surface area (Å²) in [6.45, 7) is 0. The van der Waals surface area contributed by atoms with Gasteiger partial charge < -0.3 is 4.74 Å². The van der Waals surface area contributed by atoms with Crippen LogP contribution in [0.15, 0.2) is 36.4 Å². The van der Waals surface area contributed by atoms with Gasteiger partial charge in [0.15, 0.2) is 11.6 Å². The minimum atomic E-state index is -0.848. The summed E-state index contributed by atoms with van der Waals surface area (Å²) in [5, 5.41) is 11.1. The summed E-state index contributed by atoms with van der Waals surface area (Å²) in [5.41, 5.74) is 0.0298. The number of hydrogen-bond donors (Lipinski definition) is 0. The molecule has 0 saturated carbocycles. The second-order valence-electron chi connectivity index (χ2n) is 3.81. The van der Waals surface area contributed by atoms with Crippen molar-refractivity contribution in [3.63, 3.8) is 0 Å². The van der Waals surface area contributed by atoms with E-state index in [1.807, 2.05) is 0 Å². The number of alkyl halides is 1. The molecule has 2 aromatic carbocycles. The molecule has 7 heteroatoms. The molecule has 0 radical (unpaired) electrons. The van der Waals surface area contributed by atoms with E-state index >= 15 is 0 Å². The van der Waals surface area contributed by atoms with Crippen molar-refractivity contribution in [2.24, 2.45) is 0 Å². The highest BCUT2D eigenvalue weighted by atomic mass is 35.5. The van der Waals surface area contributed by atoms with E-state index in [9.17, 15) is 14.5 Å². The Morgan fingerprint density at radius 2 is 1.90 bits per heavy atom. The lowest BCUT2D eigenvalue weighted by atomic mass is 10.2. The Morgan fingerprint density at radius 3 is 2.55 bits per heavy atom. The minimum absolute atomic E-state index is 0.0815. The molecule has 0 aromatic heterocycles. The van der Waals surface area contributed by atoms with E-state index in [1.165, 1.54) is 12.1 Å². The number of benzene rings is 2. The highest BCUT2D eigenvalue weighted by Crippen LogP contribution is 2.39. The lowest BCUT2D eigenvalue weighted by Crippen LogP contribution is -1.98. The quantitative estimate of drug-likeness (QED) is 0.457. The van der Waals surface area contributed by atoms with Crippen molar-refractivity contribution in [2.45, 2.75) is 5.88 Å². The fourth-order valence-electron chi connectivity index (χ4n) is 1.62. The summed E-state index contributed by atoms with van der Waals surface area (Å²) >= 11 is 11.7. The van der Waals surface area contributed by atoms with Crippen molar-refractivity contribution in [1.29, 1.82) is 0 Å². The first-order valence-electron chi connectivity index (χ1n) is 5.48. The third kappa shape index (κ3) is 2.84. The predicted octanol–water partition coefficient (Wildman–Crippen LogP) is 4.92. The number of rotatable bonds is 4. The molecule has 104 valence electrons. The summed E-state index contributed by atoms with van der Waals surface area (Å²) in [7, 11) is 0. The number of ether oxygens (including phenoxy) is 1. The molecule has 0 amide bonds. The molecular weight excluding hydrogens is 308 g/mol. The highest BCUT2D eigenvalue weighted by Gasteiger charge is 2.22. The molecule has 4 nitrogen and oxygen atoms in total. The molecule has 0 bridgehead atoms. The summed E-state index contributed by atoms with van der Waals surface area (Å²) < 4.78 is 19.1. The van der Waals surface area contributed by atoms with Crippen molar-refractivity contribution in [3.05, 3.63) is 62.9 Å². The molecular formula is C13H8Cl2FNO3. The zero-order chi connectivity index (χ0) is 14.7. The maximum atomic E-state index is 13.8. The first-order chi connectivity index (χ1) is 9.54.